The molecule has 114 valence electrons. The Hall–Kier alpha value is -1.14. The first-order valence-corrected chi connectivity index (χ1v) is 6.79. The molecule has 1 atom stereocenters. The molecule has 0 amide bonds. The van der Waals surface area contributed by atoms with E-state index in [0.29, 0.717) is 13.2 Å². The summed E-state index contributed by atoms with van der Waals surface area (Å²) < 4.78 is 10.8. The van der Waals surface area contributed by atoms with E-state index in [2.05, 4.69) is 24.2 Å². The molecule has 0 saturated heterocycles. The van der Waals surface area contributed by atoms with Crippen molar-refractivity contribution in [3.63, 3.8) is 0 Å². The second-order valence-corrected chi connectivity index (χ2v) is 5.53. The molecule has 0 fully saturated rings. The molecule has 0 bridgehead atoms. The van der Waals surface area contributed by atoms with E-state index in [1.165, 1.54) is 0 Å². The maximum atomic E-state index is 5.80. The SMILES string of the molecule is COCCOc1ccccc1C(NN)C(C)(C)N(C)C. The van der Waals surface area contributed by atoms with Gasteiger partial charge in [0.2, 0.25) is 0 Å². The molecule has 0 spiro atoms. The van der Waals surface area contributed by atoms with Gasteiger partial charge in [0.25, 0.3) is 0 Å². The minimum atomic E-state index is -0.157. The number of methoxy groups -OCH3 is 1. The minimum absolute atomic E-state index is 0.0451. The molecule has 1 unspecified atom stereocenters. The fourth-order valence-electron chi connectivity index (χ4n) is 2.02. The van der Waals surface area contributed by atoms with Crippen LogP contribution < -0.4 is 16.0 Å². The summed E-state index contributed by atoms with van der Waals surface area (Å²) in [7, 11) is 5.74. The summed E-state index contributed by atoms with van der Waals surface area (Å²) in [4.78, 5) is 2.14. The lowest BCUT2D eigenvalue weighted by molar-refractivity contribution is 0.129. The Morgan fingerprint density at radius 2 is 1.90 bits per heavy atom. The highest BCUT2D eigenvalue weighted by Crippen LogP contribution is 2.34. The van der Waals surface area contributed by atoms with Crippen molar-refractivity contribution in [2.45, 2.75) is 25.4 Å². The van der Waals surface area contributed by atoms with Crippen LogP contribution in [0, 0.1) is 0 Å². The molecule has 3 N–H and O–H groups in total. The van der Waals surface area contributed by atoms with Crippen LogP contribution in [-0.2, 0) is 4.74 Å². The molecule has 0 heterocycles. The molecule has 0 aliphatic rings. The van der Waals surface area contributed by atoms with Crippen LogP contribution in [0.3, 0.4) is 0 Å². The zero-order valence-electron chi connectivity index (χ0n) is 13.1. The molecular weight excluding hydrogens is 254 g/mol. The van der Waals surface area contributed by atoms with E-state index >= 15 is 0 Å². The Morgan fingerprint density at radius 3 is 2.45 bits per heavy atom. The third-order valence-corrected chi connectivity index (χ3v) is 3.80. The first-order chi connectivity index (χ1) is 9.45. The first-order valence-electron chi connectivity index (χ1n) is 6.79. The van der Waals surface area contributed by atoms with Crippen molar-refractivity contribution >= 4 is 0 Å². The van der Waals surface area contributed by atoms with Crippen molar-refractivity contribution < 1.29 is 9.47 Å². The number of likely N-dealkylation sites (N-methyl/N-ethyl adjacent to an activating group) is 1. The Morgan fingerprint density at radius 1 is 1.25 bits per heavy atom. The average Bonchev–Trinajstić information content (AvgIpc) is 2.41. The molecule has 5 heteroatoms. The molecule has 0 radical (unpaired) electrons. The van der Waals surface area contributed by atoms with Crippen LogP contribution >= 0.6 is 0 Å². The predicted molar refractivity (Wildman–Crippen MR) is 81.6 cm³/mol. The standard InChI is InChI=1S/C15H27N3O2/c1-15(2,18(3)4)14(17-16)12-8-6-7-9-13(12)20-11-10-19-5/h6-9,14,17H,10-11,16H2,1-5H3. The normalized spacial score (nSPS) is 13.6. The summed E-state index contributed by atoms with van der Waals surface area (Å²) >= 11 is 0. The third-order valence-electron chi connectivity index (χ3n) is 3.80. The largest absolute Gasteiger partial charge is 0.491 e. The van der Waals surface area contributed by atoms with Gasteiger partial charge in [-0.2, -0.15) is 0 Å². The number of rotatable bonds is 8. The van der Waals surface area contributed by atoms with Crippen LogP contribution in [0.25, 0.3) is 0 Å². The van der Waals surface area contributed by atoms with Crippen molar-refractivity contribution in [2.24, 2.45) is 5.84 Å². The van der Waals surface area contributed by atoms with E-state index in [1.54, 1.807) is 7.11 Å². The quantitative estimate of drug-likeness (QED) is 0.430. The van der Waals surface area contributed by atoms with Crippen LogP contribution in [0.5, 0.6) is 5.75 Å². The van der Waals surface area contributed by atoms with Crippen molar-refractivity contribution in [3.8, 4) is 5.75 Å². The number of para-hydroxylation sites is 1. The van der Waals surface area contributed by atoms with Gasteiger partial charge in [0, 0.05) is 18.2 Å². The summed E-state index contributed by atoms with van der Waals surface area (Å²) in [5.74, 6) is 6.63. The van der Waals surface area contributed by atoms with Gasteiger partial charge < -0.3 is 14.4 Å². The van der Waals surface area contributed by atoms with Gasteiger partial charge in [0.1, 0.15) is 12.4 Å². The van der Waals surface area contributed by atoms with E-state index in [9.17, 15) is 0 Å². The molecule has 0 saturated carbocycles. The number of benzene rings is 1. The van der Waals surface area contributed by atoms with Gasteiger partial charge in [-0.25, -0.2) is 0 Å². The summed E-state index contributed by atoms with van der Waals surface area (Å²) in [6.45, 7) is 5.37. The molecule has 0 aromatic heterocycles. The summed E-state index contributed by atoms with van der Waals surface area (Å²) in [6.07, 6.45) is 0. The maximum absolute atomic E-state index is 5.80. The van der Waals surface area contributed by atoms with E-state index in [4.69, 9.17) is 15.3 Å². The van der Waals surface area contributed by atoms with Crippen LogP contribution in [-0.4, -0.2) is 44.9 Å². The predicted octanol–water partition coefficient (Wildman–Crippen LogP) is 1.56. The minimum Gasteiger partial charge on any atom is -0.491 e. The Bertz CT molecular complexity index is 408. The first kappa shape index (κ1) is 16.9. The topological polar surface area (TPSA) is 59.8 Å². The molecule has 0 aliphatic heterocycles. The monoisotopic (exact) mass is 281 g/mol. The van der Waals surface area contributed by atoms with Crippen LogP contribution in [0.2, 0.25) is 0 Å². The summed E-state index contributed by atoms with van der Waals surface area (Å²) in [5.41, 5.74) is 3.81. The molecule has 1 aromatic rings. The van der Waals surface area contributed by atoms with Crippen molar-refractivity contribution in [1.82, 2.24) is 10.3 Å². The zero-order valence-corrected chi connectivity index (χ0v) is 13.1. The number of nitrogens with one attached hydrogen (secondary N) is 1. The second-order valence-electron chi connectivity index (χ2n) is 5.53. The number of hydrazine groups is 1. The second kappa shape index (κ2) is 7.59. The van der Waals surface area contributed by atoms with Crippen LogP contribution in [0.15, 0.2) is 24.3 Å². The molecule has 5 nitrogen and oxygen atoms in total. The number of ether oxygens (including phenoxy) is 2. The lowest BCUT2D eigenvalue weighted by Gasteiger charge is -2.40. The average molecular weight is 281 g/mol. The van der Waals surface area contributed by atoms with Gasteiger partial charge in [-0.15, -0.1) is 0 Å². The van der Waals surface area contributed by atoms with E-state index < -0.39 is 0 Å². The Balaban J connectivity index is 3.03. The van der Waals surface area contributed by atoms with Gasteiger partial charge in [-0.3, -0.25) is 11.3 Å². The van der Waals surface area contributed by atoms with Crippen molar-refractivity contribution in [2.75, 3.05) is 34.4 Å². The Kier molecular flexibility index (Phi) is 6.42. The highest BCUT2D eigenvalue weighted by molar-refractivity contribution is 5.37. The van der Waals surface area contributed by atoms with Gasteiger partial charge in [-0.1, -0.05) is 18.2 Å². The molecule has 1 aromatic carbocycles. The fraction of sp³-hybridized carbons (Fsp3) is 0.600. The lowest BCUT2D eigenvalue weighted by atomic mass is 9.87. The number of hydrogen-bond donors (Lipinski definition) is 2. The van der Waals surface area contributed by atoms with Crippen molar-refractivity contribution in [3.05, 3.63) is 29.8 Å². The molecular formula is C15H27N3O2. The fourth-order valence-corrected chi connectivity index (χ4v) is 2.02. The number of hydrogen-bond acceptors (Lipinski definition) is 5. The van der Waals surface area contributed by atoms with Crippen LogP contribution in [0.4, 0.5) is 0 Å². The highest BCUT2D eigenvalue weighted by Gasteiger charge is 2.33. The molecule has 1 rings (SSSR count). The van der Waals surface area contributed by atoms with Gasteiger partial charge in [-0.05, 0) is 34.0 Å². The molecule has 0 aliphatic carbocycles. The summed E-state index contributed by atoms with van der Waals surface area (Å²) in [5, 5.41) is 0. The Labute approximate surface area is 122 Å². The van der Waals surface area contributed by atoms with Gasteiger partial charge in [0.15, 0.2) is 0 Å². The highest BCUT2D eigenvalue weighted by atomic mass is 16.5. The zero-order chi connectivity index (χ0) is 15.2. The maximum Gasteiger partial charge on any atom is 0.124 e. The summed E-state index contributed by atoms with van der Waals surface area (Å²) in [6, 6.07) is 7.91. The van der Waals surface area contributed by atoms with Crippen molar-refractivity contribution in [1.29, 1.82) is 0 Å². The number of nitrogens with two attached hydrogens (primary N) is 1. The lowest BCUT2D eigenvalue weighted by Crippen LogP contribution is -2.51. The van der Waals surface area contributed by atoms with E-state index in [1.807, 2.05) is 38.4 Å². The third kappa shape index (κ3) is 3.93. The molecule has 20 heavy (non-hydrogen) atoms. The van der Waals surface area contributed by atoms with Gasteiger partial charge >= 0.3 is 0 Å². The smallest absolute Gasteiger partial charge is 0.124 e. The number of nitrogens with zero attached hydrogens (tertiary/aromatic N) is 1. The van der Waals surface area contributed by atoms with E-state index in [-0.39, 0.29) is 11.6 Å². The van der Waals surface area contributed by atoms with Crippen LogP contribution in [0.1, 0.15) is 25.5 Å². The van der Waals surface area contributed by atoms with E-state index in [0.717, 1.165) is 11.3 Å². The van der Waals surface area contributed by atoms with Gasteiger partial charge in [0.05, 0.1) is 12.6 Å².